The Bertz CT molecular complexity index is 1310. The first-order valence-electron chi connectivity index (χ1n) is 11.7. The van der Waals surface area contributed by atoms with Crippen LogP contribution in [0.25, 0.3) is 10.8 Å². The van der Waals surface area contributed by atoms with Crippen molar-refractivity contribution in [2.45, 2.75) is 25.5 Å². The lowest BCUT2D eigenvalue weighted by atomic mass is 9.99. The summed E-state index contributed by atoms with van der Waals surface area (Å²) in [6.07, 6.45) is 0.735. The quantitative estimate of drug-likeness (QED) is 0.351. The number of nitrogens with zero attached hydrogens (tertiary/aromatic N) is 1. The van der Waals surface area contributed by atoms with Crippen LogP contribution in [-0.4, -0.2) is 30.3 Å². The maximum Gasteiger partial charge on any atom is 0.337 e. The fraction of sp³-hybridized carbons (Fsp3) is 0.207. The van der Waals surface area contributed by atoms with E-state index in [1.165, 1.54) is 16.3 Å². The Kier molecular flexibility index (Phi) is 6.19. The van der Waals surface area contributed by atoms with Gasteiger partial charge in [0.05, 0.1) is 23.5 Å². The first kappa shape index (κ1) is 22.0. The Labute approximate surface area is 199 Å². The van der Waals surface area contributed by atoms with Gasteiger partial charge < -0.3 is 20.1 Å². The van der Waals surface area contributed by atoms with E-state index in [1.807, 2.05) is 36.4 Å². The van der Waals surface area contributed by atoms with Crippen molar-refractivity contribution >= 4 is 28.1 Å². The van der Waals surface area contributed by atoms with Crippen LogP contribution in [0.5, 0.6) is 5.75 Å². The molecule has 0 aromatic heterocycles. The third-order valence-electron chi connectivity index (χ3n) is 6.47. The van der Waals surface area contributed by atoms with Crippen LogP contribution in [-0.2, 0) is 0 Å². The van der Waals surface area contributed by atoms with Gasteiger partial charge in [-0.25, -0.2) is 4.79 Å². The van der Waals surface area contributed by atoms with E-state index in [9.17, 15) is 9.90 Å². The molecule has 0 bridgehead atoms. The monoisotopic (exact) mass is 452 g/mol. The van der Waals surface area contributed by atoms with Crippen LogP contribution in [0.4, 0.5) is 11.4 Å². The molecule has 172 valence electrons. The molecule has 1 heterocycles. The summed E-state index contributed by atoms with van der Waals surface area (Å²) in [4.78, 5) is 13.9. The van der Waals surface area contributed by atoms with Crippen molar-refractivity contribution in [2.24, 2.45) is 0 Å². The van der Waals surface area contributed by atoms with Gasteiger partial charge in [-0.05, 0) is 60.5 Å². The molecule has 5 nitrogen and oxygen atoms in total. The highest BCUT2D eigenvalue weighted by Crippen LogP contribution is 2.39. The van der Waals surface area contributed by atoms with Gasteiger partial charge in [-0.1, -0.05) is 66.7 Å². The molecule has 0 aliphatic carbocycles. The molecule has 0 spiro atoms. The maximum atomic E-state index is 11.9. The van der Waals surface area contributed by atoms with Gasteiger partial charge in [0.1, 0.15) is 11.9 Å². The molecule has 1 aliphatic heterocycles. The lowest BCUT2D eigenvalue weighted by molar-refractivity contribution is 0.0697. The van der Waals surface area contributed by atoms with Gasteiger partial charge in [0.2, 0.25) is 0 Å². The molecular weight excluding hydrogens is 424 g/mol. The smallest absolute Gasteiger partial charge is 0.337 e. The van der Waals surface area contributed by atoms with Crippen LogP contribution in [0.15, 0.2) is 91.0 Å². The summed E-state index contributed by atoms with van der Waals surface area (Å²) in [6, 6.07) is 30.1. The minimum atomic E-state index is -0.929. The number of nitrogens with one attached hydrogen (secondary N) is 1. The van der Waals surface area contributed by atoms with Gasteiger partial charge in [-0.3, -0.25) is 0 Å². The van der Waals surface area contributed by atoms with Gasteiger partial charge in [0.15, 0.2) is 0 Å². The number of ether oxygens (including phenoxy) is 1. The molecule has 34 heavy (non-hydrogen) atoms. The van der Waals surface area contributed by atoms with E-state index in [1.54, 1.807) is 12.1 Å². The predicted molar refractivity (Wildman–Crippen MR) is 136 cm³/mol. The van der Waals surface area contributed by atoms with E-state index in [4.69, 9.17) is 4.74 Å². The second-order valence-electron chi connectivity index (χ2n) is 8.67. The van der Waals surface area contributed by atoms with Crippen LogP contribution in [0.3, 0.4) is 0 Å². The molecule has 0 saturated carbocycles. The third kappa shape index (κ3) is 4.35. The average molecular weight is 453 g/mol. The van der Waals surface area contributed by atoms with E-state index in [0.717, 1.165) is 24.4 Å². The number of carboxylic acids is 1. The van der Waals surface area contributed by atoms with Crippen molar-refractivity contribution in [3.8, 4) is 5.75 Å². The van der Waals surface area contributed by atoms with Gasteiger partial charge in [-0.15, -0.1) is 0 Å². The highest BCUT2D eigenvalue weighted by atomic mass is 16.5. The Balaban J connectivity index is 1.32. The summed E-state index contributed by atoms with van der Waals surface area (Å²) >= 11 is 0. The summed E-state index contributed by atoms with van der Waals surface area (Å²) in [6.45, 7) is 3.56. The van der Waals surface area contributed by atoms with Crippen LogP contribution >= 0.6 is 0 Å². The summed E-state index contributed by atoms with van der Waals surface area (Å²) in [5.41, 5.74) is 3.16. The number of anilines is 2. The molecular formula is C29H28N2O3. The molecule has 4 aromatic carbocycles. The lowest BCUT2D eigenvalue weighted by Gasteiger charge is -2.37. The second kappa shape index (κ2) is 9.57. The number of hydrogen-bond donors (Lipinski definition) is 2. The van der Waals surface area contributed by atoms with Crippen molar-refractivity contribution < 1.29 is 14.6 Å². The number of fused-ring (bicyclic) bond motifs is 2. The number of carbonyl (C=O) groups is 1. The zero-order valence-electron chi connectivity index (χ0n) is 19.1. The number of benzene rings is 4. The summed E-state index contributed by atoms with van der Waals surface area (Å²) < 4.78 is 6.31. The van der Waals surface area contributed by atoms with Gasteiger partial charge in [0, 0.05) is 6.04 Å². The van der Waals surface area contributed by atoms with Crippen molar-refractivity contribution in [2.75, 3.05) is 18.0 Å². The van der Waals surface area contributed by atoms with Gasteiger partial charge in [0.25, 0.3) is 0 Å². The fourth-order valence-electron chi connectivity index (χ4n) is 4.77. The van der Waals surface area contributed by atoms with E-state index in [-0.39, 0.29) is 12.1 Å². The number of aromatic carboxylic acids is 1. The van der Waals surface area contributed by atoms with Crippen molar-refractivity contribution in [3.63, 3.8) is 0 Å². The molecule has 0 radical (unpaired) electrons. The SMILES string of the molecule is C[C@@H](NCC[C@H]1CN(c2ccccc2C(=O)O)c2ccccc2O1)c1cccc2ccccc12. The lowest BCUT2D eigenvalue weighted by Crippen LogP contribution is -2.39. The zero-order chi connectivity index (χ0) is 23.5. The minimum Gasteiger partial charge on any atom is -0.486 e. The van der Waals surface area contributed by atoms with Crippen LogP contribution in [0.1, 0.15) is 35.3 Å². The van der Waals surface area contributed by atoms with E-state index < -0.39 is 5.97 Å². The summed E-state index contributed by atoms with van der Waals surface area (Å²) in [5.74, 6) is -0.150. The molecule has 2 N–H and O–H groups in total. The highest BCUT2D eigenvalue weighted by molar-refractivity contribution is 5.96. The summed E-state index contributed by atoms with van der Waals surface area (Å²) in [5, 5.41) is 15.9. The highest BCUT2D eigenvalue weighted by Gasteiger charge is 2.28. The Hall–Kier alpha value is -3.83. The Morgan fingerprint density at radius 1 is 0.971 bits per heavy atom. The normalized spacial score (nSPS) is 16.0. The Morgan fingerprint density at radius 2 is 1.68 bits per heavy atom. The number of rotatable bonds is 7. The maximum absolute atomic E-state index is 11.9. The summed E-state index contributed by atoms with van der Waals surface area (Å²) in [7, 11) is 0. The van der Waals surface area contributed by atoms with E-state index in [0.29, 0.717) is 17.8 Å². The van der Waals surface area contributed by atoms with E-state index >= 15 is 0 Å². The van der Waals surface area contributed by atoms with Crippen molar-refractivity contribution in [1.82, 2.24) is 5.32 Å². The molecule has 0 fully saturated rings. The first-order valence-corrected chi connectivity index (χ1v) is 11.7. The number of hydrogen-bond acceptors (Lipinski definition) is 4. The molecule has 0 saturated heterocycles. The van der Waals surface area contributed by atoms with Crippen LogP contribution in [0, 0.1) is 0 Å². The largest absolute Gasteiger partial charge is 0.486 e. The first-order chi connectivity index (χ1) is 16.6. The number of para-hydroxylation sites is 3. The molecule has 4 aromatic rings. The molecule has 2 atom stereocenters. The third-order valence-corrected chi connectivity index (χ3v) is 6.47. The number of carboxylic acid groups (broad SMARTS) is 1. The standard InChI is InChI=1S/C29H28N2O3/c1-20(23-13-8-10-21-9-2-3-11-24(21)23)30-18-17-22-19-31(27-15-6-7-16-28(27)34-22)26-14-5-4-12-25(26)29(32)33/h2-16,20,22,30H,17-19H2,1H3,(H,32,33)/t20-,22+/m1/s1. The molecule has 1 aliphatic rings. The minimum absolute atomic E-state index is 0.0658. The van der Waals surface area contributed by atoms with Gasteiger partial charge >= 0.3 is 5.97 Å². The molecule has 5 rings (SSSR count). The van der Waals surface area contributed by atoms with Crippen molar-refractivity contribution in [3.05, 3.63) is 102 Å². The van der Waals surface area contributed by atoms with Crippen molar-refractivity contribution in [1.29, 1.82) is 0 Å². The fourth-order valence-corrected chi connectivity index (χ4v) is 4.77. The second-order valence-corrected chi connectivity index (χ2v) is 8.67. The predicted octanol–water partition coefficient (Wildman–Crippen LogP) is 6.18. The Morgan fingerprint density at radius 3 is 2.53 bits per heavy atom. The van der Waals surface area contributed by atoms with E-state index in [2.05, 4.69) is 59.6 Å². The van der Waals surface area contributed by atoms with Gasteiger partial charge in [-0.2, -0.15) is 0 Å². The average Bonchev–Trinajstić information content (AvgIpc) is 2.87. The molecule has 0 amide bonds. The molecule has 5 heteroatoms. The topological polar surface area (TPSA) is 61.8 Å². The van der Waals surface area contributed by atoms with Crippen LogP contribution < -0.4 is 15.0 Å². The zero-order valence-corrected chi connectivity index (χ0v) is 19.1. The molecule has 0 unspecified atom stereocenters. The van der Waals surface area contributed by atoms with Crippen LogP contribution in [0.2, 0.25) is 0 Å².